The Hall–Kier alpha value is -1.84. The van der Waals surface area contributed by atoms with Crippen LogP contribution in [-0.4, -0.2) is 37.2 Å². The summed E-state index contributed by atoms with van der Waals surface area (Å²) in [6.07, 6.45) is 0.868. The predicted octanol–water partition coefficient (Wildman–Crippen LogP) is 3.37. The minimum atomic E-state index is -0.279. The Morgan fingerprint density at radius 2 is 1.91 bits per heavy atom. The van der Waals surface area contributed by atoms with Crippen LogP contribution in [0.4, 0.5) is 0 Å². The number of aryl methyl sites for hydroxylation is 1. The van der Waals surface area contributed by atoms with Gasteiger partial charge in [-0.25, -0.2) is 0 Å². The molecule has 3 heteroatoms. The molecule has 1 fully saturated rings. The molecule has 1 aliphatic carbocycles. The van der Waals surface area contributed by atoms with Gasteiger partial charge in [-0.15, -0.1) is 0 Å². The van der Waals surface area contributed by atoms with Gasteiger partial charge in [-0.3, -0.25) is 0 Å². The molecule has 1 aliphatic heterocycles. The normalized spacial score (nSPS) is 27.1. The minimum absolute atomic E-state index is 0.0532. The smallest absolute Gasteiger partial charge is 0.154 e. The number of likely N-dealkylation sites (N-methyl/N-ethyl adjacent to an activating group) is 1. The molecule has 23 heavy (non-hydrogen) atoms. The van der Waals surface area contributed by atoms with Crippen molar-refractivity contribution >= 4 is 0 Å². The summed E-state index contributed by atoms with van der Waals surface area (Å²) in [5.41, 5.74) is 3.50. The number of ether oxygens (including phenoxy) is 2. The van der Waals surface area contributed by atoms with Crippen LogP contribution in [0.5, 0.6) is 5.75 Å². The van der Waals surface area contributed by atoms with Gasteiger partial charge < -0.3 is 14.4 Å². The molecule has 3 nitrogen and oxygen atoms in total. The van der Waals surface area contributed by atoms with E-state index in [4.69, 9.17) is 9.47 Å². The molecule has 1 saturated heterocycles. The maximum Gasteiger partial charge on any atom is 0.154 e. The van der Waals surface area contributed by atoms with E-state index in [9.17, 15) is 0 Å². The Kier molecular flexibility index (Phi) is 3.63. The Balaban J connectivity index is 1.74. The second-order valence-corrected chi connectivity index (χ2v) is 6.79. The highest BCUT2D eigenvalue weighted by atomic mass is 16.6. The van der Waals surface area contributed by atoms with Gasteiger partial charge in [-0.1, -0.05) is 42.5 Å². The van der Waals surface area contributed by atoms with Crippen molar-refractivity contribution in [3.8, 4) is 5.75 Å². The zero-order chi connectivity index (χ0) is 15.9. The molecule has 0 amide bonds. The van der Waals surface area contributed by atoms with Gasteiger partial charge in [-0.05, 0) is 36.7 Å². The molecule has 2 aromatic carbocycles. The van der Waals surface area contributed by atoms with Crippen molar-refractivity contribution in [2.75, 3.05) is 26.7 Å². The lowest BCUT2D eigenvalue weighted by Gasteiger charge is -2.42. The number of nitrogens with zero attached hydrogens (tertiary/aromatic N) is 1. The third-order valence-corrected chi connectivity index (χ3v) is 5.04. The molecule has 1 spiro atoms. The molecule has 2 aliphatic rings. The first-order valence-corrected chi connectivity index (χ1v) is 8.31. The molecule has 1 heterocycles. The van der Waals surface area contributed by atoms with Crippen LogP contribution in [-0.2, 0) is 11.2 Å². The first-order valence-electron chi connectivity index (χ1n) is 8.31. The van der Waals surface area contributed by atoms with Crippen LogP contribution in [0.3, 0.4) is 0 Å². The maximum atomic E-state index is 6.52. The molecule has 0 saturated carbocycles. The standard InChI is InChI=1S/C20H23NO2/c1-15-7-3-6-10-18(15)23-19-17-9-5-4-8-16(17)13-20(19)14-21(2)11-12-22-20/h3-10,19H,11-14H2,1-2H3/t19-,20+/m1/s1. The molecular formula is C20H23NO2. The number of fused-ring (bicyclic) bond motifs is 1. The second-order valence-electron chi connectivity index (χ2n) is 6.79. The maximum absolute atomic E-state index is 6.52. The topological polar surface area (TPSA) is 21.7 Å². The molecule has 0 bridgehead atoms. The molecule has 4 rings (SSSR count). The largest absolute Gasteiger partial charge is 0.482 e. The first kappa shape index (κ1) is 14.7. The average molecular weight is 309 g/mol. The van der Waals surface area contributed by atoms with Gasteiger partial charge >= 0.3 is 0 Å². The zero-order valence-electron chi connectivity index (χ0n) is 13.8. The average Bonchev–Trinajstić information content (AvgIpc) is 2.82. The van der Waals surface area contributed by atoms with Gasteiger partial charge in [-0.2, -0.15) is 0 Å². The third kappa shape index (κ3) is 2.54. The molecular weight excluding hydrogens is 286 g/mol. The highest BCUT2D eigenvalue weighted by Gasteiger charge is 2.51. The van der Waals surface area contributed by atoms with Crippen molar-refractivity contribution in [3.05, 3.63) is 65.2 Å². The Morgan fingerprint density at radius 3 is 2.74 bits per heavy atom. The third-order valence-electron chi connectivity index (χ3n) is 5.04. The summed E-state index contributed by atoms with van der Waals surface area (Å²) in [6, 6.07) is 16.8. The van der Waals surface area contributed by atoms with Gasteiger partial charge in [0.15, 0.2) is 6.10 Å². The van der Waals surface area contributed by atoms with Crippen LogP contribution < -0.4 is 4.74 Å². The van der Waals surface area contributed by atoms with Crippen molar-refractivity contribution in [1.82, 2.24) is 4.90 Å². The molecule has 0 N–H and O–H groups in total. The van der Waals surface area contributed by atoms with Crippen molar-refractivity contribution in [3.63, 3.8) is 0 Å². The predicted molar refractivity (Wildman–Crippen MR) is 90.9 cm³/mol. The summed E-state index contributed by atoms with van der Waals surface area (Å²) in [7, 11) is 2.16. The van der Waals surface area contributed by atoms with Crippen LogP contribution in [0.1, 0.15) is 22.8 Å². The fourth-order valence-corrected chi connectivity index (χ4v) is 3.89. The molecule has 2 aromatic rings. The fraction of sp³-hybridized carbons (Fsp3) is 0.400. The van der Waals surface area contributed by atoms with E-state index in [0.29, 0.717) is 0 Å². The molecule has 0 aromatic heterocycles. The summed E-state index contributed by atoms with van der Waals surface area (Å²) < 4.78 is 12.9. The van der Waals surface area contributed by atoms with Gasteiger partial charge in [0.05, 0.1) is 6.61 Å². The summed E-state index contributed by atoms with van der Waals surface area (Å²) in [4.78, 5) is 2.35. The lowest BCUT2D eigenvalue weighted by atomic mass is 9.94. The monoisotopic (exact) mass is 309 g/mol. The van der Waals surface area contributed by atoms with Crippen molar-refractivity contribution in [2.24, 2.45) is 0 Å². The quantitative estimate of drug-likeness (QED) is 0.849. The number of hydrogen-bond donors (Lipinski definition) is 0. The van der Waals surface area contributed by atoms with Crippen molar-refractivity contribution < 1.29 is 9.47 Å². The fourth-order valence-electron chi connectivity index (χ4n) is 3.89. The van der Waals surface area contributed by atoms with Crippen LogP contribution in [0.25, 0.3) is 0 Å². The Morgan fingerprint density at radius 1 is 1.13 bits per heavy atom. The van der Waals surface area contributed by atoms with E-state index < -0.39 is 0 Å². The number of rotatable bonds is 2. The van der Waals surface area contributed by atoms with Crippen LogP contribution in [0, 0.1) is 6.92 Å². The van der Waals surface area contributed by atoms with Crippen molar-refractivity contribution in [1.29, 1.82) is 0 Å². The first-order chi connectivity index (χ1) is 11.2. The molecule has 0 radical (unpaired) electrons. The van der Waals surface area contributed by atoms with E-state index in [-0.39, 0.29) is 11.7 Å². The van der Waals surface area contributed by atoms with E-state index in [1.165, 1.54) is 11.1 Å². The Bertz CT molecular complexity index is 714. The van der Waals surface area contributed by atoms with E-state index in [0.717, 1.165) is 37.4 Å². The second kappa shape index (κ2) is 5.66. The van der Waals surface area contributed by atoms with E-state index >= 15 is 0 Å². The minimum Gasteiger partial charge on any atom is -0.482 e. The zero-order valence-corrected chi connectivity index (χ0v) is 13.8. The van der Waals surface area contributed by atoms with Crippen molar-refractivity contribution in [2.45, 2.75) is 25.0 Å². The number of benzene rings is 2. The van der Waals surface area contributed by atoms with E-state index in [1.807, 2.05) is 12.1 Å². The van der Waals surface area contributed by atoms with Crippen LogP contribution in [0.15, 0.2) is 48.5 Å². The number of morpholine rings is 1. The molecule has 0 unspecified atom stereocenters. The van der Waals surface area contributed by atoms with E-state index in [2.05, 4.69) is 55.3 Å². The summed E-state index contributed by atoms with van der Waals surface area (Å²) in [5.74, 6) is 0.949. The molecule has 2 atom stereocenters. The number of para-hydroxylation sites is 1. The van der Waals surface area contributed by atoms with Crippen LogP contribution >= 0.6 is 0 Å². The highest BCUT2D eigenvalue weighted by Crippen LogP contribution is 2.46. The van der Waals surface area contributed by atoms with Gasteiger partial charge in [0.1, 0.15) is 11.4 Å². The highest BCUT2D eigenvalue weighted by molar-refractivity contribution is 5.41. The number of hydrogen-bond acceptors (Lipinski definition) is 3. The van der Waals surface area contributed by atoms with Gasteiger partial charge in [0.2, 0.25) is 0 Å². The molecule has 120 valence electrons. The van der Waals surface area contributed by atoms with Crippen LogP contribution in [0.2, 0.25) is 0 Å². The summed E-state index contributed by atoms with van der Waals surface area (Å²) in [5, 5.41) is 0. The lowest BCUT2D eigenvalue weighted by molar-refractivity contribution is -0.149. The Labute approximate surface area is 137 Å². The summed E-state index contributed by atoms with van der Waals surface area (Å²) >= 11 is 0. The van der Waals surface area contributed by atoms with E-state index in [1.54, 1.807) is 0 Å². The van der Waals surface area contributed by atoms with Gasteiger partial charge in [0, 0.05) is 19.5 Å². The van der Waals surface area contributed by atoms with Gasteiger partial charge in [0.25, 0.3) is 0 Å². The SMILES string of the molecule is Cc1ccccc1O[C@@H]1c2ccccc2C[C@]12CN(C)CCO2. The summed E-state index contributed by atoms with van der Waals surface area (Å²) in [6.45, 7) is 4.74. The lowest BCUT2D eigenvalue weighted by Crippen LogP contribution is -2.54.